The van der Waals surface area contributed by atoms with E-state index in [0.717, 1.165) is 17.1 Å². The van der Waals surface area contributed by atoms with E-state index in [1.54, 1.807) is 18.3 Å². The highest BCUT2D eigenvalue weighted by atomic mass is 15.0. The largest absolute Gasteiger partial charge is 0.280 e. The molecule has 15 aromatic rings. The monoisotopic (exact) mass is 1510 g/mol. The summed E-state index contributed by atoms with van der Waals surface area (Å²) in [6.07, 6.45) is 10.4. The molecule has 0 spiro atoms. The Bertz CT molecular complexity index is 6120. The summed E-state index contributed by atoms with van der Waals surface area (Å²) in [6.45, 7) is 26.0. The molecule has 0 bridgehead atoms. The third-order valence-corrected chi connectivity index (χ3v) is 22.2. The second kappa shape index (κ2) is 36.4. The van der Waals surface area contributed by atoms with E-state index in [1.807, 2.05) is 42.9 Å². The zero-order chi connectivity index (χ0) is 84.4. The van der Waals surface area contributed by atoms with Gasteiger partial charge in [-0.05, 0) is 215 Å². The van der Waals surface area contributed by atoms with Crippen molar-refractivity contribution >= 4 is 0 Å². The summed E-state index contributed by atoms with van der Waals surface area (Å²) in [5.74, 6) is 0. The Morgan fingerprint density at radius 2 is 0.500 bits per heavy atom. The van der Waals surface area contributed by atoms with Gasteiger partial charge in [0, 0.05) is 150 Å². The van der Waals surface area contributed by atoms with Crippen LogP contribution in [0.3, 0.4) is 0 Å². The van der Waals surface area contributed by atoms with Gasteiger partial charge in [-0.3, -0.25) is 0 Å². The summed E-state index contributed by atoms with van der Waals surface area (Å²) < 4.78 is 45.1. The maximum atomic E-state index is 7.68. The highest BCUT2D eigenvalue weighted by Crippen LogP contribution is 2.32. The van der Waals surface area contributed by atoms with Crippen LogP contribution in [-0.4, -0.2) is 0 Å². The fraction of sp³-hybridized carbons (Fsp3) is 0.231. The van der Waals surface area contributed by atoms with Crippen LogP contribution >= 0.6 is 0 Å². The Labute approximate surface area is 684 Å². The molecule has 5 aromatic carbocycles. The second-order valence-corrected chi connectivity index (χ2v) is 30.8. The van der Waals surface area contributed by atoms with Gasteiger partial charge in [0.25, 0.3) is 56.9 Å². The molecule has 10 heterocycles. The van der Waals surface area contributed by atoms with Crippen LogP contribution in [0.5, 0.6) is 0 Å². The predicted octanol–water partition coefficient (Wildman–Crippen LogP) is 17.7. The minimum atomic E-state index is -2.12. The Morgan fingerprint density at radius 3 is 0.886 bits per heavy atom. The van der Waals surface area contributed by atoms with Crippen molar-refractivity contribution in [3.05, 3.63) is 358 Å². The summed E-state index contributed by atoms with van der Waals surface area (Å²) in [7, 11) is 21.0. The molecular weight excluding hydrogens is 1390 g/mol. The van der Waals surface area contributed by atoms with Crippen molar-refractivity contribution in [3.8, 4) is 113 Å². The van der Waals surface area contributed by atoms with Crippen LogP contribution in [0.15, 0.2) is 280 Å². The summed E-state index contributed by atoms with van der Waals surface area (Å²) >= 11 is 0. The lowest BCUT2D eigenvalue weighted by Gasteiger charge is -2.12. The van der Waals surface area contributed by atoms with Crippen molar-refractivity contribution in [1.29, 1.82) is 0 Å². The molecule has 10 nitrogen and oxygen atoms in total. The van der Waals surface area contributed by atoms with Crippen LogP contribution in [0.2, 0.25) is 0 Å². The first-order chi connectivity index (χ1) is 55.7. The van der Waals surface area contributed by atoms with E-state index < -0.39 is 6.85 Å². The molecule has 0 amide bonds. The van der Waals surface area contributed by atoms with Crippen molar-refractivity contribution < 1.29 is 49.8 Å². The van der Waals surface area contributed by atoms with Crippen molar-refractivity contribution in [3.63, 3.8) is 0 Å². The summed E-state index contributed by atoms with van der Waals surface area (Å²) in [6, 6.07) is 87.0. The third kappa shape index (κ3) is 18.2. The highest BCUT2D eigenvalue weighted by Gasteiger charge is 2.32. The van der Waals surface area contributed by atoms with Crippen LogP contribution in [0, 0.1) is 96.9 Å². The lowest BCUT2D eigenvalue weighted by Crippen LogP contribution is -2.41. The molecule has 574 valence electrons. The van der Waals surface area contributed by atoms with Gasteiger partial charge in [-0.15, -0.1) is 0 Å². The maximum absolute atomic E-state index is 7.68. The summed E-state index contributed by atoms with van der Waals surface area (Å²) in [4.78, 5) is 0. The molecule has 0 aliphatic rings. The quantitative estimate of drug-likeness (QED) is 0.122. The smallest absolute Gasteiger partial charge is 0.196 e. The van der Waals surface area contributed by atoms with E-state index >= 15 is 0 Å². The molecule has 10 aromatic heterocycles. The number of aromatic nitrogens is 10. The number of aryl methyl sites for hydroxylation is 19. The van der Waals surface area contributed by atoms with Crippen molar-refractivity contribution in [1.82, 2.24) is 0 Å². The minimum Gasteiger partial charge on any atom is -0.196 e. The Morgan fingerprint density at radius 1 is 0.184 bits per heavy atom. The molecule has 0 N–H and O–H groups in total. The number of rotatable bonds is 10. The van der Waals surface area contributed by atoms with Gasteiger partial charge in [0.2, 0.25) is 28.5 Å². The number of benzene rings is 5. The SMILES string of the molecule is Cc1cc(-c2cccc(-c3ccccc3C)[n+]2C)[n+](C)cc1C.Cc1ccc(-c2c(C)cc(C)c(-c3ccccc3C)[n+]2C)[n+](C)c1.Cc1ccc(-c2cccc(-c3ccccc3C)[n+]2C)[n+](C)c1.Cc1ccccc1-c1c(C)cc(C)c(-c2cccc[n+]2C)[n+]1C.[2H]C([2H])([2H])c1cc[n+](C)c(-c2cccc(-c3ccccc3C)[n+]2C)c1. The third-order valence-electron chi connectivity index (χ3n) is 22.2. The first-order valence-electron chi connectivity index (χ1n) is 40.9. The van der Waals surface area contributed by atoms with Crippen LogP contribution in [-0.2, 0) is 70.5 Å². The van der Waals surface area contributed by atoms with E-state index in [1.165, 1.54) is 168 Å². The first-order valence-corrected chi connectivity index (χ1v) is 39.4. The predicted molar refractivity (Wildman–Crippen MR) is 465 cm³/mol. The standard InChI is InChI=1S/C22H26N2.2C21H24N2.2C20H22N2/c1-15-11-12-20(23(5)14-15)22-18(4)13-17(3)21(24(22)6)19-10-8-7-9-16(19)2;1-15-10-6-7-11-18(15)20-16(2)14-17(3)21(23(20)5)19-12-8-9-13-22(19)4;1-15-9-6-7-10-18(15)19-11-8-12-20(23(19)5)21-13-16(2)17(3)14-22(21)4;1-15-12-13-19(21(3)14-15)20-11-7-10-18(22(20)4)17-9-6-5-8-16(17)2;1-15-12-13-21(3)20(14-15)19-11-7-10-18(22(19)4)17-9-6-5-8-16(17)2/h7-14H,1-6H3;2*6-14H,1-5H3;2*5-14H,1-4H3/q5*+2/i;;;;1D3. The zero-order valence-electron chi connectivity index (χ0n) is 74.5. The normalized spacial score (nSPS) is 11.3. The fourth-order valence-corrected chi connectivity index (χ4v) is 16.1. The van der Waals surface area contributed by atoms with Gasteiger partial charge in [-0.25, -0.2) is 0 Å². The number of nitrogens with zero attached hydrogens (tertiary/aromatic N) is 10. The lowest BCUT2D eigenvalue weighted by atomic mass is 9.98. The molecule has 15 rings (SSSR count). The number of hydrogen-bond acceptors (Lipinski definition) is 0. The summed E-state index contributed by atoms with van der Waals surface area (Å²) in [5.41, 5.74) is 41.3. The number of hydrogen-bond donors (Lipinski definition) is 0. The van der Waals surface area contributed by atoms with E-state index in [9.17, 15) is 0 Å². The van der Waals surface area contributed by atoms with Gasteiger partial charge in [0.1, 0.15) is 70.5 Å². The second-order valence-electron chi connectivity index (χ2n) is 30.8. The highest BCUT2D eigenvalue weighted by molar-refractivity contribution is 5.70. The molecular formula is C104H118N10+10. The Kier molecular flexibility index (Phi) is 25.0. The minimum absolute atomic E-state index is 0.349. The van der Waals surface area contributed by atoms with Crippen LogP contribution < -0.4 is 45.7 Å². The fourth-order valence-electron chi connectivity index (χ4n) is 16.1. The lowest BCUT2D eigenvalue weighted by molar-refractivity contribution is -0.685. The van der Waals surface area contributed by atoms with Crippen LogP contribution in [0.4, 0.5) is 0 Å². The molecule has 0 aliphatic carbocycles. The maximum Gasteiger partial charge on any atom is 0.280 e. The Hall–Kier alpha value is -12.4. The van der Waals surface area contributed by atoms with E-state index in [0.29, 0.717) is 5.56 Å². The van der Waals surface area contributed by atoms with Gasteiger partial charge >= 0.3 is 0 Å². The zero-order valence-corrected chi connectivity index (χ0v) is 71.5. The van der Waals surface area contributed by atoms with Crippen molar-refractivity contribution in [2.75, 3.05) is 0 Å². The van der Waals surface area contributed by atoms with Crippen molar-refractivity contribution in [2.24, 2.45) is 70.5 Å². The van der Waals surface area contributed by atoms with E-state index in [-0.39, 0.29) is 0 Å². The average molecular weight is 1510 g/mol. The molecule has 0 radical (unpaired) electrons. The molecule has 0 atom stereocenters. The average Bonchev–Trinajstić information content (AvgIpc) is 0.798. The van der Waals surface area contributed by atoms with Gasteiger partial charge in [-0.1, -0.05) is 91.0 Å². The van der Waals surface area contributed by atoms with E-state index in [4.69, 9.17) is 4.11 Å². The molecule has 0 saturated carbocycles. The van der Waals surface area contributed by atoms with Crippen LogP contribution in [0.25, 0.3) is 113 Å². The topological polar surface area (TPSA) is 38.8 Å². The molecule has 0 unspecified atom stereocenters. The van der Waals surface area contributed by atoms with Gasteiger partial charge in [-0.2, -0.15) is 45.7 Å². The van der Waals surface area contributed by atoms with Gasteiger partial charge in [0.15, 0.2) is 31.0 Å². The molecule has 10 heteroatoms. The van der Waals surface area contributed by atoms with Crippen molar-refractivity contribution in [2.45, 2.75) is 96.9 Å². The van der Waals surface area contributed by atoms with Crippen LogP contribution in [0.1, 0.15) is 82.0 Å². The van der Waals surface area contributed by atoms with Gasteiger partial charge in [0.05, 0.1) is 0 Å². The number of pyridine rings is 10. The molecule has 0 saturated heterocycles. The van der Waals surface area contributed by atoms with Gasteiger partial charge < -0.3 is 0 Å². The summed E-state index contributed by atoms with van der Waals surface area (Å²) in [5, 5.41) is 0. The first kappa shape index (κ1) is 78.3. The molecule has 114 heavy (non-hydrogen) atoms. The Balaban J connectivity index is 0.000000144. The van der Waals surface area contributed by atoms with E-state index in [2.05, 4.69) is 425 Å². The molecule has 0 aliphatic heterocycles. The molecule has 0 fully saturated rings.